The van der Waals surface area contributed by atoms with E-state index in [9.17, 15) is 10.1 Å². The van der Waals surface area contributed by atoms with Crippen LogP contribution in [0.2, 0.25) is 0 Å². The van der Waals surface area contributed by atoms with Gasteiger partial charge in [-0.05, 0) is 37.3 Å². The number of nitrogens with zero attached hydrogens (tertiary/aromatic N) is 2. The van der Waals surface area contributed by atoms with Crippen LogP contribution < -0.4 is 0 Å². The molecule has 3 rings (SSSR count). The number of fused-ring (bicyclic) bond motifs is 1. The fraction of sp³-hybridized carbons (Fsp3) is 0.118. The third-order valence-corrected chi connectivity index (χ3v) is 3.35. The third-order valence-electron chi connectivity index (χ3n) is 3.35. The van der Waals surface area contributed by atoms with Gasteiger partial charge in [0.1, 0.15) is 6.07 Å². The molecule has 5 heteroatoms. The molecule has 0 saturated carbocycles. The maximum atomic E-state index is 11.8. The molecule has 0 saturated heterocycles. The van der Waals surface area contributed by atoms with Gasteiger partial charge in [-0.15, -0.1) is 0 Å². The van der Waals surface area contributed by atoms with E-state index in [-0.39, 0.29) is 5.97 Å². The Morgan fingerprint density at radius 3 is 3.00 bits per heavy atom. The highest BCUT2D eigenvalue weighted by Crippen LogP contribution is 2.26. The highest BCUT2D eigenvalue weighted by Gasteiger charge is 2.11. The summed E-state index contributed by atoms with van der Waals surface area (Å²) in [7, 11) is 0. The van der Waals surface area contributed by atoms with Gasteiger partial charge >= 0.3 is 5.97 Å². The largest absolute Gasteiger partial charge is 0.462 e. The number of esters is 1. The van der Waals surface area contributed by atoms with Crippen LogP contribution in [0.4, 0.5) is 0 Å². The first-order valence-corrected chi connectivity index (χ1v) is 6.87. The van der Waals surface area contributed by atoms with Crippen molar-refractivity contribution in [1.82, 2.24) is 9.97 Å². The summed E-state index contributed by atoms with van der Waals surface area (Å²) in [5.74, 6) is -0.380. The molecule has 5 nitrogen and oxygen atoms in total. The van der Waals surface area contributed by atoms with Gasteiger partial charge in [0.15, 0.2) is 0 Å². The maximum Gasteiger partial charge on any atom is 0.338 e. The lowest BCUT2D eigenvalue weighted by atomic mass is 10.0. The molecule has 0 radical (unpaired) electrons. The van der Waals surface area contributed by atoms with Gasteiger partial charge in [0, 0.05) is 23.3 Å². The van der Waals surface area contributed by atoms with Crippen molar-refractivity contribution >= 4 is 16.9 Å². The first-order valence-electron chi connectivity index (χ1n) is 6.87. The summed E-state index contributed by atoms with van der Waals surface area (Å²) in [5.41, 5.74) is 3.20. The van der Waals surface area contributed by atoms with Gasteiger partial charge in [0.25, 0.3) is 0 Å². The van der Waals surface area contributed by atoms with Crippen molar-refractivity contribution in [2.24, 2.45) is 0 Å². The van der Waals surface area contributed by atoms with Gasteiger partial charge in [0.05, 0.1) is 28.9 Å². The molecule has 0 unspecified atom stereocenters. The summed E-state index contributed by atoms with van der Waals surface area (Å²) in [6.07, 6.45) is 3.35. The van der Waals surface area contributed by atoms with Gasteiger partial charge in [0.2, 0.25) is 0 Å². The Balaban J connectivity index is 2.10. The number of carbonyl (C=O) groups is 1. The molecule has 0 amide bonds. The second-order valence-electron chi connectivity index (χ2n) is 4.73. The Hall–Kier alpha value is -3.13. The molecular weight excluding hydrogens is 278 g/mol. The third kappa shape index (κ3) is 2.42. The van der Waals surface area contributed by atoms with Gasteiger partial charge < -0.3 is 9.72 Å². The minimum Gasteiger partial charge on any atom is -0.462 e. The fourth-order valence-corrected chi connectivity index (χ4v) is 2.34. The number of pyridine rings is 1. The predicted molar refractivity (Wildman–Crippen MR) is 82.2 cm³/mol. The van der Waals surface area contributed by atoms with Crippen molar-refractivity contribution in [3.63, 3.8) is 0 Å². The molecule has 1 aromatic carbocycles. The van der Waals surface area contributed by atoms with E-state index >= 15 is 0 Å². The number of carbonyl (C=O) groups excluding carboxylic acids is 1. The number of ether oxygens (including phenoxy) is 1. The average Bonchev–Trinajstić information content (AvgIpc) is 3.02. The zero-order valence-corrected chi connectivity index (χ0v) is 12.0. The van der Waals surface area contributed by atoms with E-state index in [2.05, 4.69) is 16.0 Å². The van der Waals surface area contributed by atoms with E-state index in [1.807, 2.05) is 12.1 Å². The second kappa shape index (κ2) is 5.70. The van der Waals surface area contributed by atoms with Crippen molar-refractivity contribution in [2.75, 3.05) is 6.61 Å². The minimum atomic E-state index is -0.380. The van der Waals surface area contributed by atoms with Crippen LogP contribution in [-0.2, 0) is 4.74 Å². The lowest BCUT2D eigenvalue weighted by Gasteiger charge is -2.06. The molecule has 0 aliphatic carbocycles. The molecule has 22 heavy (non-hydrogen) atoms. The first-order chi connectivity index (χ1) is 10.7. The number of hydrogen-bond donors (Lipinski definition) is 1. The molecular formula is C17H13N3O2. The smallest absolute Gasteiger partial charge is 0.338 e. The molecule has 0 fully saturated rings. The average molecular weight is 291 g/mol. The van der Waals surface area contributed by atoms with Crippen molar-refractivity contribution < 1.29 is 9.53 Å². The maximum absolute atomic E-state index is 11.8. The zero-order chi connectivity index (χ0) is 15.5. The van der Waals surface area contributed by atoms with Crippen LogP contribution in [0.25, 0.3) is 22.2 Å². The second-order valence-corrected chi connectivity index (χ2v) is 4.73. The number of aromatic amines is 1. The predicted octanol–water partition coefficient (Wildman–Crippen LogP) is 3.28. The van der Waals surface area contributed by atoms with Gasteiger partial charge in [-0.1, -0.05) is 0 Å². The molecule has 0 aliphatic rings. The molecule has 2 heterocycles. The number of rotatable bonds is 3. The van der Waals surface area contributed by atoms with Crippen LogP contribution in [0.15, 0.2) is 42.7 Å². The molecule has 3 aromatic rings. The Bertz CT molecular complexity index is 890. The number of hydrogen-bond acceptors (Lipinski definition) is 4. The minimum absolute atomic E-state index is 0.324. The Morgan fingerprint density at radius 1 is 1.36 bits per heavy atom. The van der Waals surface area contributed by atoms with E-state index < -0.39 is 0 Å². The summed E-state index contributed by atoms with van der Waals surface area (Å²) < 4.78 is 5.00. The van der Waals surface area contributed by atoms with Crippen molar-refractivity contribution in [3.8, 4) is 17.3 Å². The SMILES string of the molecule is CCOC(=O)c1ccnc(-c2cc(C#N)c3[nH]ccc3c2)c1. The Morgan fingerprint density at radius 2 is 2.23 bits per heavy atom. The topological polar surface area (TPSA) is 78.8 Å². The number of H-pyrrole nitrogens is 1. The van der Waals surface area contributed by atoms with E-state index in [1.54, 1.807) is 37.5 Å². The first kappa shape index (κ1) is 13.8. The molecule has 2 aromatic heterocycles. The van der Waals surface area contributed by atoms with E-state index in [4.69, 9.17) is 4.74 Å². The fourth-order valence-electron chi connectivity index (χ4n) is 2.34. The normalized spacial score (nSPS) is 10.4. The van der Waals surface area contributed by atoms with Gasteiger partial charge in [-0.25, -0.2) is 4.79 Å². The van der Waals surface area contributed by atoms with Crippen molar-refractivity contribution in [1.29, 1.82) is 5.26 Å². The monoisotopic (exact) mass is 291 g/mol. The quantitative estimate of drug-likeness (QED) is 0.751. The van der Waals surface area contributed by atoms with E-state index in [1.165, 1.54) is 0 Å². The number of nitriles is 1. The molecule has 108 valence electrons. The molecule has 0 bridgehead atoms. The van der Waals surface area contributed by atoms with Gasteiger partial charge in [-0.3, -0.25) is 4.98 Å². The summed E-state index contributed by atoms with van der Waals surface area (Å²) in [6.45, 7) is 2.09. The zero-order valence-electron chi connectivity index (χ0n) is 12.0. The van der Waals surface area contributed by atoms with Crippen LogP contribution in [0.1, 0.15) is 22.8 Å². The van der Waals surface area contributed by atoms with Crippen LogP contribution >= 0.6 is 0 Å². The van der Waals surface area contributed by atoms with Crippen LogP contribution in [0, 0.1) is 11.3 Å². The van der Waals surface area contributed by atoms with Crippen molar-refractivity contribution in [3.05, 3.63) is 53.9 Å². The van der Waals surface area contributed by atoms with E-state index in [0.717, 1.165) is 16.5 Å². The molecule has 0 atom stereocenters. The van der Waals surface area contributed by atoms with Gasteiger partial charge in [-0.2, -0.15) is 5.26 Å². The Labute approximate surface area is 127 Å². The lowest BCUT2D eigenvalue weighted by Crippen LogP contribution is -2.05. The standard InChI is InChI=1S/C17H13N3O2/c1-2-22-17(21)12-4-5-19-15(9-12)13-7-11-3-6-20-16(11)14(8-13)10-18/h3-9,20H,2H2,1H3. The summed E-state index contributed by atoms with van der Waals surface area (Å²) in [6, 6.07) is 11.1. The number of aromatic nitrogens is 2. The van der Waals surface area contributed by atoms with E-state index in [0.29, 0.717) is 23.4 Å². The summed E-state index contributed by atoms with van der Waals surface area (Å²) in [4.78, 5) is 19.2. The van der Waals surface area contributed by atoms with Crippen LogP contribution in [0.3, 0.4) is 0 Å². The van der Waals surface area contributed by atoms with Crippen LogP contribution in [-0.4, -0.2) is 22.5 Å². The lowest BCUT2D eigenvalue weighted by molar-refractivity contribution is 0.0526. The van der Waals surface area contributed by atoms with Crippen LogP contribution in [0.5, 0.6) is 0 Å². The highest BCUT2D eigenvalue weighted by molar-refractivity contribution is 5.92. The Kier molecular flexibility index (Phi) is 3.58. The highest BCUT2D eigenvalue weighted by atomic mass is 16.5. The van der Waals surface area contributed by atoms with Crippen molar-refractivity contribution in [2.45, 2.75) is 6.92 Å². The molecule has 0 aliphatic heterocycles. The number of nitrogens with one attached hydrogen (secondary N) is 1. The molecule has 1 N–H and O–H groups in total. The summed E-state index contributed by atoms with van der Waals surface area (Å²) in [5, 5.41) is 10.2. The summed E-state index contributed by atoms with van der Waals surface area (Å²) >= 11 is 0. The molecule has 0 spiro atoms. The number of benzene rings is 1.